The Bertz CT molecular complexity index is 1120. The Morgan fingerprint density at radius 2 is 2.27 bits per heavy atom. The number of fused-ring (bicyclic) bond motifs is 3. The zero-order chi connectivity index (χ0) is 20.9. The lowest BCUT2D eigenvalue weighted by atomic mass is 9.95. The second-order valence-electron chi connectivity index (χ2n) is 7.47. The summed E-state index contributed by atoms with van der Waals surface area (Å²) in [6.45, 7) is 0.609. The average Bonchev–Trinajstić information content (AvgIpc) is 3.35. The monoisotopic (exact) mass is 430 g/mol. The summed E-state index contributed by atoms with van der Waals surface area (Å²) in [5.74, 6) is -0.0144. The molecule has 1 aromatic carbocycles. The Labute approximate surface area is 176 Å². The van der Waals surface area contributed by atoms with Crippen molar-refractivity contribution in [1.29, 1.82) is 0 Å². The number of imidazole rings is 1. The van der Waals surface area contributed by atoms with Crippen LogP contribution in [0, 0.1) is 0 Å². The number of benzene rings is 1. The fraction of sp³-hybridized carbons (Fsp3) is 0.368. The Balaban J connectivity index is 1.42. The van der Waals surface area contributed by atoms with Crippen LogP contribution in [0.1, 0.15) is 18.2 Å². The zero-order valence-corrected chi connectivity index (χ0v) is 16.5. The van der Waals surface area contributed by atoms with Gasteiger partial charge in [-0.1, -0.05) is 23.7 Å². The van der Waals surface area contributed by atoms with Crippen molar-refractivity contribution in [3.63, 3.8) is 0 Å². The van der Waals surface area contributed by atoms with E-state index in [1.165, 1.54) is 6.33 Å². The molecule has 2 fully saturated rings. The molecule has 0 spiro atoms. The number of primary amides is 1. The molecule has 3 aromatic rings. The van der Waals surface area contributed by atoms with Gasteiger partial charge in [0.1, 0.15) is 24.1 Å². The maximum absolute atomic E-state index is 11.5. The van der Waals surface area contributed by atoms with E-state index in [0.29, 0.717) is 28.5 Å². The molecule has 2 aliphatic heterocycles. The van der Waals surface area contributed by atoms with E-state index in [4.69, 9.17) is 26.8 Å². The van der Waals surface area contributed by atoms with Gasteiger partial charge in [-0.15, -0.1) is 0 Å². The molecule has 30 heavy (non-hydrogen) atoms. The van der Waals surface area contributed by atoms with Crippen molar-refractivity contribution in [2.45, 2.75) is 37.0 Å². The summed E-state index contributed by atoms with van der Waals surface area (Å²) >= 11 is 6.04. The minimum atomic E-state index is -1.15. The van der Waals surface area contributed by atoms with Gasteiger partial charge in [-0.05, 0) is 17.7 Å². The van der Waals surface area contributed by atoms with Crippen molar-refractivity contribution in [2.24, 2.45) is 5.73 Å². The Morgan fingerprint density at radius 1 is 1.40 bits per heavy atom. The zero-order valence-electron chi connectivity index (χ0n) is 15.7. The number of carbonyl (C=O) groups is 1. The van der Waals surface area contributed by atoms with Crippen LogP contribution in [-0.2, 0) is 20.8 Å². The van der Waals surface area contributed by atoms with Crippen molar-refractivity contribution in [2.75, 3.05) is 11.9 Å². The number of nitrogens with zero attached hydrogens (tertiary/aromatic N) is 4. The molecule has 0 aliphatic carbocycles. The van der Waals surface area contributed by atoms with Crippen molar-refractivity contribution in [3.8, 4) is 0 Å². The number of aliphatic hydroxyl groups excluding tert-OH is 1. The molecule has 2 aromatic heterocycles. The number of ether oxygens (including phenoxy) is 2. The molecule has 156 valence electrons. The summed E-state index contributed by atoms with van der Waals surface area (Å²) in [6, 6.07) is 7.51. The molecule has 10 nitrogen and oxygen atoms in total. The smallest absolute Gasteiger partial charge is 0.220 e. The van der Waals surface area contributed by atoms with Crippen molar-refractivity contribution in [1.82, 2.24) is 19.5 Å². The number of hydrogen-bond acceptors (Lipinski definition) is 8. The largest absolute Gasteiger partial charge is 0.387 e. The third-order valence-electron chi connectivity index (χ3n) is 5.46. The normalized spacial score (nSPS) is 27.6. The summed E-state index contributed by atoms with van der Waals surface area (Å²) < 4.78 is 13.4. The van der Waals surface area contributed by atoms with Crippen LogP contribution in [0.25, 0.3) is 11.2 Å². The first-order valence-electron chi connectivity index (χ1n) is 9.38. The molecule has 0 unspecified atom stereocenters. The molecule has 4 N–H and O–H groups in total. The fourth-order valence-electron chi connectivity index (χ4n) is 4.07. The average molecular weight is 431 g/mol. The van der Waals surface area contributed by atoms with Crippen LogP contribution in [0.15, 0.2) is 36.9 Å². The highest BCUT2D eigenvalue weighted by Crippen LogP contribution is 2.47. The number of nitrogens with one attached hydrogen (secondary N) is 1. The molecule has 0 radical (unpaired) electrons. The highest BCUT2D eigenvalue weighted by molar-refractivity contribution is 6.30. The predicted molar refractivity (Wildman–Crippen MR) is 107 cm³/mol. The van der Waals surface area contributed by atoms with E-state index in [1.807, 2.05) is 24.3 Å². The number of nitrogens with two attached hydrogens (primary N) is 1. The maximum Gasteiger partial charge on any atom is 0.220 e. The Kier molecular flexibility index (Phi) is 4.58. The second kappa shape index (κ2) is 7.17. The van der Waals surface area contributed by atoms with Gasteiger partial charge < -0.3 is 25.6 Å². The Morgan fingerprint density at radius 3 is 3.07 bits per heavy atom. The standard InChI is InChI=1S/C19H19ClN6O4/c20-11-3-1-2-10(4-11)6-22-16-13-17(24-8-23-16)26(9-25-13)18-14-15(28)19(30-18,7-29-14)5-12(21)27/h1-4,8-9,14-15,18,28H,5-7H2,(H2,21,27)(H,22,23,24)/t14-,15+,18-,19+/m1/s1. The van der Waals surface area contributed by atoms with E-state index in [-0.39, 0.29) is 13.0 Å². The molecule has 2 bridgehead atoms. The minimum absolute atomic E-state index is 0.103. The summed E-state index contributed by atoms with van der Waals surface area (Å²) in [5, 5.41) is 14.5. The van der Waals surface area contributed by atoms with Crippen LogP contribution in [0.3, 0.4) is 0 Å². The molecule has 0 saturated carbocycles. The lowest BCUT2D eigenvalue weighted by Crippen LogP contribution is -2.44. The summed E-state index contributed by atoms with van der Waals surface area (Å²) in [5.41, 5.74) is 6.24. The fourth-order valence-corrected chi connectivity index (χ4v) is 4.28. The predicted octanol–water partition coefficient (Wildman–Crippen LogP) is 0.994. The third kappa shape index (κ3) is 3.08. The van der Waals surface area contributed by atoms with E-state index in [9.17, 15) is 9.90 Å². The molecule has 2 aliphatic rings. The van der Waals surface area contributed by atoms with Gasteiger partial charge >= 0.3 is 0 Å². The van der Waals surface area contributed by atoms with Gasteiger partial charge in [-0.25, -0.2) is 15.0 Å². The number of amides is 1. The van der Waals surface area contributed by atoms with Gasteiger partial charge in [0.15, 0.2) is 23.2 Å². The van der Waals surface area contributed by atoms with Gasteiger partial charge in [0.25, 0.3) is 0 Å². The van der Waals surface area contributed by atoms with Crippen molar-refractivity contribution >= 4 is 34.5 Å². The number of aromatic nitrogens is 4. The molecule has 5 rings (SSSR count). The van der Waals surface area contributed by atoms with Crippen LogP contribution in [0.5, 0.6) is 0 Å². The minimum Gasteiger partial charge on any atom is -0.387 e. The second-order valence-corrected chi connectivity index (χ2v) is 7.90. The van der Waals surface area contributed by atoms with Crippen LogP contribution in [0.2, 0.25) is 5.02 Å². The molecular formula is C19H19ClN6O4. The van der Waals surface area contributed by atoms with Gasteiger partial charge in [0, 0.05) is 11.6 Å². The quantitative estimate of drug-likeness (QED) is 0.526. The number of anilines is 1. The first-order chi connectivity index (χ1) is 14.5. The van der Waals surface area contributed by atoms with E-state index in [2.05, 4.69) is 20.3 Å². The number of halogens is 1. The van der Waals surface area contributed by atoms with Crippen LogP contribution in [-0.4, -0.2) is 54.9 Å². The SMILES string of the molecule is NC(=O)C[C@@]12CO[C@@H]([C@H](n3cnc4c(NCc5cccc(Cl)c5)ncnc43)O1)[C@@H]2O. The van der Waals surface area contributed by atoms with E-state index in [1.54, 1.807) is 10.9 Å². The number of carbonyl (C=O) groups excluding carboxylic acids is 1. The molecule has 4 heterocycles. The molecule has 2 saturated heterocycles. The van der Waals surface area contributed by atoms with E-state index in [0.717, 1.165) is 5.56 Å². The summed E-state index contributed by atoms with van der Waals surface area (Å²) in [4.78, 5) is 24.5. The van der Waals surface area contributed by atoms with Gasteiger partial charge in [-0.2, -0.15) is 0 Å². The lowest BCUT2D eigenvalue weighted by Gasteiger charge is -2.30. The molecule has 4 atom stereocenters. The third-order valence-corrected chi connectivity index (χ3v) is 5.70. The lowest BCUT2D eigenvalue weighted by molar-refractivity contribution is -0.177. The summed E-state index contributed by atoms with van der Waals surface area (Å²) in [6.07, 6.45) is 0.534. The maximum atomic E-state index is 11.5. The first-order valence-corrected chi connectivity index (χ1v) is 9.76. The van der Waals surface area contributed by atoms with Crippen LogP contribution in [0.4, 0.5) is 5.82 Å². The Hall–Kier alpha value is -2.79. The highest BCUT2D eigenvalue weighted by Gasteiger charge is 2.62. The van der Waals surface area contributed by atoms with E-state index < -0.39 is 29.9 Å². The summed E-state index contributed by atoms with van der Waals surface area (Å²) in [7, 11) is 0. The van der Waals surface area contributed by atoms with Gasteiger partial charge in [-0.3, -0.25) is 9.36 Å². The van der Waals surface area contributed by atoms with Crippen molar-refractivity contribution < 1.29 is 19.4 Å². The number of aliphatic hydroxyl groups is 1. The molecule has 11 heteroatoms. The molecule has 1 amide bonds. The number of rotatable bonds is 6. The van der Waals surface area contributed by atoms with Crippen LogP contribution >= 0.6 is 11.6 Å². The molecular weight excluding hydrogens is 412 g/mol. The first kappa shape index (κ1) is 19.2. The number of hydrogen-bond donors (Lipinski definition) is 3. The van der Waals surface area contributed by atoms with Crippen molar-refractivity contribution in [3.05, 3.63) is 47.5 Å². The van der Waals surface area contributed by atoms with Gasteiger partial charge in [0.2, 0.25) is 5.91 Å². The van der Waals surface area contributed by atoms with Gasteiger partial charge in [0.05, 0.1) is 19.4 Å². The van der Waals surface area contributed by atoms with E-state index >= 15 is 0 Å². The topological polar surface area (TPSA) is 137 Å². The van der Waals surface area contributed by atoms with Crippen LogP contribution < -0.4 is 11.1 Å². The highest BCUT2D eigenvalue weighted by atomic mass is 35.5.